The van der Waals surface area contributed by atoms with E-state index in [1.807, 2.05) is 0 Å². The van der Waals surface area contributed by atoms with Gasteiger partial charge in [-0.25, -0.2) is 0 Å². The van der Waals surface area contributed by atoms with Crippen molar-refractivity contribution in [1.29, 1.82) is 0 Å². The number of carboxylic acid groups (broad SMARTS) is 1. The maximum absolute atomic E-state index is 11.0. The van der Waals surface area contributed by atoms with E-state index < -0.39 is 9.89 Å². The summed E-state index contributed by atoms with van der Waals surface area (Å²) in [4.78, 5) is 31.9. The summed E-state index contributed by atoms with van der Waals surface area (Å²) in [7, 11) is 0. The summed E-state index contributed by atoms with van der Waals surface area (Å²) < 4.78 is -0.718. The lowest BCUT2D eigenvalue weighted by molar-refractivity contribution is -0.137. The van der Waals surface area contributed by atoms with E-state index in [1.165, 1.54) is 6.92 Å². The minimum Gasteiger partial charge on any atom is -0.480 e. The van der Waals surface area contributed by atoms with Crippen LogP contribution in [0.25, 0.3) is 0 Å². The van der Waals surface area contributed by atoms with Gasteiger partial charge in [-0.05, 0) is 6.92 Å². The fourth-order valence-electron chi connectivity index (χ4n) is 0.700. The van der Waals surface area contributed by atoms with Gasteiger partial charge in [-0.15, -0.1) is 0 Å². The van der Waals surface area contributed by atoms with Gasteiger partial charge in [0, 0.05) is 19.4 Å². The van der Waals surface area contributed by atoms with Crippen LogP contribution in [0.2, 0.25) is 0 Å². The Bertz CT molecular complexity index is 241. The van der Waals surface area contributed by atoms with Crippen molar-refractivity contribution < 1.29 is 19.5 Å². The Morgan fingerprint density at radius 2 is 2.00 bits per heavy atom. The van der Waals surface area contributed by atoms with Crippen LogP contribution in [0, 0.1) is 0 Å². The zero-order valence-electron chi connectivity index (χ0n) is 7.75. The third-order valence-corrected chi connectivity index (χ3v) is 2.40. The van der Waals surface area contributed by atoms with Crippen LogP contribution >= 0.6 is 22.6 Å². The molecule has 0 aliphatic carbocycles. The molecule has 0 aromatic heterocycles. The van der Waals surface area contributed by atoms with Crippen molar-refractivity contribution in [3.05, 3.63) is 0 Å². The predicted molar refractivity (Wildman–Crippen MR) is 58.4 cm³/mol. The first-order valence-corrected chi connectivity index (χ1v) is 5.31. The Labute approximate surface area is 95.4 Å². The fourth-order valence-corrected chi connectivity index (χ4v) is 1.10. The number of carboxylic acids is 1. The molecule has 0 aromatic rings. The number of carbonyl (C=O) groups excluding carboxylic acids is 2. The predicted octanol–water partition coefficient (Wildman–Crippen LogP) is 0.360. The molecule has 80 valence electrons. The van der Waals surface area contributed by atoms with Gasteiger partial charge in [-0.3, -0.25) is 14.4 Å². The molecule has 1 amide bonds. The van der Waals surface area contributed by atoms with Gasteiger partial charge >= 0.3 is 5.97 Å². The Balaban J connectivity index is 3.65. The Morgan fingerprint density at radius 1 is 1.43 bits per heavy atom. The van der Waals surface area contributed by atoms with Crippen LogP contribution < -0.4 is 5.32 Å². The van der Waals surface area contributed by atoms with Crippen molar-refractivity contribution in [3.63, 3.8) is 0 Å². The van der Waals surface area contributed by atoms with Gasteiger partial charge in [0.05, 0.1) is 0 Å². The number of alkyl halides is 1. The number of ketones is 1. The molecular formula is C8H12INO4. The molecule has 5 nitrogen and oxygen atoms in total. The minimum absolute atomic E-state index is 0.00504. The zero-order valence-corrected chi connectivity index (χ0v) is 9.91. The molecule has 14 heavy (non-hydrogen) atoms. The number of amides is 1. The average Bonchev–Trinajstić information content (AvgIpc) is 2.02. The molecule has 0 saturated carbocycles. The normalized spacial score (nSPS) is 11.9. The molecule has 0 aromatic carbocycles. The highest BCUT2D eigenvalue weighted by Crippen LogP contribution is 2.05. The molecule has 0 aliphatic heterocycles. The second-order valence-electron chi connectivity index (χ2n) is 2.81. The van der Waals surface area contributed by atoms with Crippen LogP contribution in [0.4, 0.5) is 0 Å². The summed E-state index contributed by atoms with van der Waals surface area (Å²) in [6, 6.07) is 0. The topological polar surface area (TPSA) is 83.5 Å². The highest BCUT2D eigenvalue weighted by Gasteiger charge is 2.16. The van der Waals surface area contributed by atoms with E-state index in [0.29, 0.717) is 0 Å². The van der Waals surface area contributed by atoms with Gasteiger partial charge in [0.25, 0.3) is 0 Å². The lowest BCUT2D eigenvalue weighted by Crippen LogP contribution is -2.29. The third kappa shape index (κ3) is 6.81. The lowest BCUT2D eigenvalue weighted by Gasteiger charge is -2.05. The molecule has 0 rings (SSSR count). The molecule has 0 fully saturated rings. The van der Waals surface area contributed by atoms with Crippen molar-refractivity contribution in [1.82, 2.24) is 5.32 Å². The standard InChI is InChI=1S/C8H12INO4/c1-5(11)2-3-10-7(12)4-6(9)8(13)14/h6H,2-4H2,1H3,(H,10,12)(H,13,14). The van der Waals surface area contributed by atoms with Crippen LogP contribution in [0.5, 0.6) is 0 Å². The molecule has 2 N–H and O–H groups in total. The smallest absolute Gasteiger partial charge is 0.316 e. The molecule has 0 heterocycles. The molecule has 0 spiro atoms. The summed E-state index contributed by atoms with van der Waals surface area (Å²) in [6.07, 6.45) is 0.221. The number of aliphatic carboxylic acids is 1. The second kappa shape index (κ2) is 6.74. The van der Waals surface area contributed by atoms with E-state index in [1.54, 1.807) is 22.6 Å². The van der Waals surface area contributed by atoms with Crippen molar-refractivity contribution in [2.75, 3.05) is 6.54 Å². The van der Waals surface area contributed by atoms with Crippen LogP contribution in [0.15, 0.2) is 0 Å². The summed E-state index contributed by atoms with van der Waals surface area (Å²) in [6.45, 7) is 1.71. The van der Waals surface area contributed by atoms with E-state index >= 15 is 0 Å². The summed E-state index contributed by atoms with van der Waals surface area (Å²) in [5.41, 5.74) is 0. The van der Waals surface area contributed by atoms with Crippen molar-refractivity contribution >= 4 is 40.3 Å². The van der Waals surface area contributed by atoms with Gasteiger partial charge in [-0.2, -0.15) is 0 Å². The number of hydrogen-bond acceptors (Lipinski definition) is 3. The molecule has 0 saturated heterocycles. The highest BCUT2D eigenvalue weighted by molar-refractivity contribution is 14.1. The molecule has 6 heteroatoms. The lowest BCUT2D eigenvalue weighted by atomic mass is 10.3. The summed E-state index contributed by atoms with van der Waals surface area (Å²) in [5, 5.41) is 11.0. The Hall–Kier alpha value is -0.660. The number of nitrogens with one attached hydrogen (secondary N) is 1. The Morgan fingerprint density at radius 3 is 2.43 bits per heavy atom. The Kier molecular flexibility index (Phi) is 6.43. The first-order valence-electron chi connectivity index (χ1n) is 4.06. The van der Waals surface area contributed by atoms with E-state index in [-0.39, 0.29) is 31.1 Å². The van der Waals surface area contributed by atoms with Crippen LogP contribution in [0.1, 0.15) is 19.8 Å². The summed E-state index contributed by atoms with van der Waals surface area (Å²) >= 11 is 1.68. The van der Waals surface area contributed by atoms with Crippen LogP contribution in [-0.4, -0.2) is 33.2 Å². The van der Waals surface area contributed by atoms with Gasteiger partial charge in [0.15, 0.2) is 0 Å². The maximum atomic E-state index is 11.0. The van der Waals surface area contributed by atoms with Crippen LogP contribution in [-0.2, 0) is 14.4 Å². The van der Waals surface area contributed by atoms with Crippen molar-refractivity contribution in [2.45, 2.75) is 23.7 Å². The second-order valence-corrected chi connectivity index (χ2v) is 4.32. The van der Waals surface area contributed by atoms with Gasteiger partial charge in [0.1, 0.15) is 9.71 Å². The molecule has 0 radical (unpaired) electrons. The third-order valence-electron chi connectivity index (χ3n) is 1.43. The summed E-state index contributed by atoms with van der Waals surface area (Å²) in [5.74, 6) is -1.35. The van der Waals surface area contributed by atoms with Crippen LogP contribution in [0.3, 0.4) is 0 Å². The first-order chi connectivity index (χ1) is 6.43. The minimum atomic E-state index is -1.01. The van der Waals surface area contributed by atoms with E-state index in [2.05, 4.69) is 5.32 Å². The fraction of sp³-hybridized carbons (Fsp3) is 0.625. The monoisotopic (exact) mass is 313 g/mol. The highest BCUT2D eigenvalue weighted by atomic mass is 127. The first kappa shape index (κ1) is 13.3. The van der Waals surface area contributed by atoms with E-state index in [4.69, 9.17) is 5.11 Å². The molecule has 1 unspecified atom stereocenters. The molecular weight excluding hydrogens is 301 g/mol. The van der Waals surface area contributed by atoms with Gasteiger partial charge in [-0.1, -0.05) is 22.6 Å². The van der Waals surface area contributed by atoms with E-state index in [9.17, 15) is 14.4 Å². The van der Waals surface area contributed by atoms with Gasteiger partial charge in [0.2, 0.25) is 5.91 Å². The van der Waals surface area contributed by atoms with Crippen molar-refractivity contribution in [3.8, 4) is 0 Å². The zero-order chi connectivity index (χ0) is 11.1. The number of rotatable bonds is 6. The number of hydrogen-bond donors (Lipinski definition) is 2. The SMILES string of the molecule is CC(=O)CCNC(=O)CC(I)C(=O)O. The van der Waals surface area contributed by atoms with Crippen molar-refractivity contribution in [2.24, 2.45) is 0 Å². The molecule has 1 atom stereocenters. The largest absolute Gasteiger partial charge is 0.480 e. The number of Topliss-reactive ketones (excluding diaryl/α,β-unsaturated/α-hetero) is 1. The van der Waals surface area contributed by atoms with Gasteiger partial charge < -0.3 is 10.4 Å². The average molecular weight is 313 g/mol. The molecule has 0 bridgehead atoms. The maximum Gasteiger partial charge on any atom is 0.316 e. The number of carbonyl (C=O) groups is 3. The van der Waals surface area contributed by atoms with E-state index in [0.717, 1.165) is 0 Å². The quantitative estimate of drug-likeness (QED) is 0.548. The molecule has 0 aliphatic rings. The number of halogens is 1.